The molecule has 0 aromatic rings. The Hall–Kier alpha value is -0.772. The van der Waals surface area contributed by atoms with Gasteiger partial charge in [0.05, 0.1) is 0 Å². The van der Waals surface area contributed by atoms with Crippen molar-refractivity contribution in [2.45, 2.75) is 90.8 Å². The second-order valence-electron chi connectivity index (χ2n) is 10.6. The third-order valence-corrected chi connectivity index (χ3v) is 15.5. The molecule has 0 saturated carbocycles. The summed E-state index contributed by atoms with van der Waals surface area (Å²) in [4.78, 5) is 22.8. The van der Waals surface area contributed by atoms with Crippen molar-refractivity contribution >= 4 is 45.9 Å². The average Bonchev–Trinajstić information content (AvgIpc) is 2.45. The summed E-state index contributed by atoms with van der Waals surface area (Å²) < 4.78 is 29.9. The molecule has 8 nitrogen and oxygen atoms in total. The van der Waals surface area contributed by atoms with Gasteiger partial charge in [-0.3, -0.25) is 0 Å². The van der Waals surface area contributed by atoms with Gasteiger partial charge in [-0.05, 0) is 78.7 Å². The highest BCUT2D eigenvalue weighted by Gasteiger charge is 2.49. The van der Waals surface area contributed by atoms with Crippen LogP contribution in [0.15, 0.2) is 12.2 Å². The van der Waals surface area contributed by atoms with Crippen molar-refractivity contribution in [1.29, 1.82) is 0 Å². The Kier molecular flexibility index (Phi) is 11.6. The summed E-state index contributed by atoms with van der Waals surface area (Å²) in [6, 6.07) is 0.555. The molecule has 0 aliphatic carbocycles. The summed E-state index contributed by atoms with van der Waals surface area (Å²) in [7, 11) is -8.97. The van der Waals surface area contributed by atoms with E-state index >= 15 is 0 Å². The molecule has 0 rings (SSSR count). The summed E-state index contributed by atoms with van der Waals surface area (Å²) in [5, 5.41) is 9.05. The van der Waals surface area contributed by atoms with E-state index in [0.717, 1.165) is 0 Å². The van der Waals surface area contributed by atoms with Crippen LogP contribution >= 0.6 is 0 Å². The van der Waals surface area contributed by atoms with Gasteiger partial charge in [-0.2, -0.15) is 0 Å². The van der Waals surface area contributed by atoms with Crippen LogP contribution in [0.1, 0.15) is 19.8 Å². The van der Waals surface area contributed by atoms with E-state index < -0.39 is 52.0 Å². The topological polar surface area (TPSA) is 101 Å². The molecule has 182 valence electrons. The van der Waals surface area contributed by atoms with Crippen molar-refractivity contribution in [3.05, 3.63) is 12.2 Å². The fourth-order valence-corrected chi connectivity index (χ4v) is 17.5. The highest BCUT2D eigenvalue weighted by Crippen LogP contribution is 2.30. The van der Waals surface area contributed by atoms with E-state index in [4.69, 9.17) is 26.9 Å². The second kappa shape index (κ2) is 11.9. The number of hydrogen-bond donors (Lipinski definition) is 1. The van der Waals surface area contributed by atoms with Crippen LogP contribution in [0, 0.1) is 0 Å². The molecule has 0 heterocycles. The molecule has 0 amide bonds. The molecule has 1 atom stereocenters. The fourth-order valence-electron chi connectivity index (χ4n) is 2.77. The molecule has 0 saturated heterocycles. The first-order valence-corrected chi connectivity index (χ1v) is 22.7. The summed E-state index contributed by atoms with van der Waals surface area (Å²) in [6.07, 6.45) is -1.26. The quantitative estimate of drug-likeness (QED) is 0.187. The molecule has 0 aliphatic rings. The molecule has 0 aromatic carbocycles. The minimum atomic E-state index is -3.01. The minimum Gasteiger partial charge on any atom is -0.458 e. The molecule has 1 unspecified atom stereocenters. The molecule has 0 fully saturated rings. The third-order valence-electron chi connectivity index (χ3n) is 3.41. The van der Waals surface area contributed by atoms with Gasteiger partial charge < -0.3 is 26.9 Å². The SMILES string of the molecule is C=C(C)C(=O)OCC(CCC[Si](O[Si](C)(C)C)(O[Si](C)(C)C)O[Si](C)(C)C)OC(=O)O. The Morgan fingerprint density at radius 3 is 1.61 bits per heavy atom. The zero-order valence-electron chi connectivity index (χ0n) is 20.9. The van der Waals surface area contributed by atoms with Gasteiger partial charge in [-0.25, -0.2) is 9.59 Å². The normalized spacial score (nSPS) is 14.1. The first-order valence-electron chi connectivity index (χ1n) is 10.6. The number of carbonyl (C=O) groups is 2. The Morgan fingerprint density at radius 1 is 0.871 bits per heavy atom. The number of esters is 1. The van der Waals surface area contributed by atoms with Gasteiger partial charge in [0.2, 0.25) is 0 Å². The first kappa shape index (κ1) is 30.2. The van der Waals surface area contributed by atoms with Gasteiger partial charge >= 0.3 is 20.9 Å². The maximum absolute atomic E-state index is 11.7. The van der Waals surface area contributed by atoms with Crippen molar-refractivity contribution < 1.29 is 36.5 Å². The third kappa shape index (κ3) is 15.6. The van der Waals surface area contributed by atoms with Gasteiger partial charge in [0.1, 0.15) is 12.7 Å². The van der Waals surface area contributed by atoms with Crippen molar-refractivity contribution in [3.63, 3.8) is 0 Å². The number of ether oxygens (including phenoxy) is 2. The second-order valence-corrected chi connectivity index (χ2v) is 27.6. The molecule has 1 N–H and O–H groups in total. The van der Waals surface area contributed by atoms with E-state index in [2.05, 4.69) is 65.5 Å². The van der Waals surface area contributed by atoms with Crippen LogP contribution in [0.25, 0.3) is 0 Å². The first-order chi connectivity index (χ1) is 13.7. The lowest BCUT2D eigenvalue weighted by atomic mass is 10.2. The highest BCUT2D eigenvalue weighted by atomic mass is 28.5. The van der Waals surface area contributed by atoms with Gasteiger partial charge in [0.25, 0.3) is 0 Å². The van der Waals surface area contributed by atoms with Gasteiger partial charge in [0, 0.05) is 11.6 Å². The Morgan fingerprint density at radius 2 is 1.29 bits per heavy atom. The predicted molar refractivity (Wildman–Crippen MR) is 132 cm³/mol. The van der Waals surface area contributed by atoms with E-state index in [1.165, 1.54) is 6.92 Å². The monoisotopic (exact) mass is 510 g/mol. The molecular weight excluding hydrogens is 469 g/mol. The predicted octanol–water partition coefficient (Wildman–Crippen LogP) is 5.44. The zero-order chi connectivity index (χ0) is 24.7. The Labute approximate surface area is 192 Å². The van der Waals surface area contributed by atoms with Gasteiger partial charge in [-0.15, -0.1) is 0 Å². The van der Waals surface area contributed by atoms with Gasteiger partial charge in [-0.1, -0.05) is 6.58 Å². The molecule has 0 aromatic heterocycles. The van der Waals surface area contributed by atoms with E-state index in [9.17, 15) is 9.59 Å². The van der Waals surface area contributed by atoms with Crippen molar-refractivity contribution in [2.24, 2.45) is 0 Å². The van der Waals surface area contributed by atoms with Crippen molar-refractivity contribution in [2.75, 3.05) is 6.61 Å². The van der Waals surface area contributed by atoms with Crippen LogP contribution in [0.4, 0.5) is 4.79 Å². The Bertz CT molecular complexity index is 579. The standard InChI is InChI=1S/C19H42O8Si4/c1-16(2)18(20)23-15-17(24-19(21)22)13-12-14-31(25-28(3,4)5,26-29(6,7)8)27-30(9,10)11/h17H,1,12-15H2,2-11H3,(H,21,22). The Balaban J connectivity index is 5.51. The molecular formula is C19H42O8Si4. The molecule has 0 spiro atoms. The number of hydrogen-bond acceptors (Lipinski definition) is 7. The van der Waals surface area contributed by atoms with Crippen LogP contribution < -0.4 is 0 Å². The fraction of sp³-hybridized carbons (Fsp3) is 0.789. The van der Waals surface area contributed by atoms with E-state index in [0.29, 0.717) is 18.9 Å². The number of rotatable bonds is 14. The van der Waals surface area contributed by atoms with Crippen LogP contribution in [0.5, 0.6) is 0 Å². The molecule has 0 radical (unpaired) electrons. The van der Waals surface area contributed by atoms with Crippen molar-refractivity contribution in [1.82, 2.24) is 0 Å². The molecule has 0 bridgehead atoms. The lowest BCUT2D eigenvalue weighted by molar-refractivity contribution is -0.142. The maximum Gasteiger partial charge on any atom is 0.506 e. The number of carbonyl (C=O) groups excluding carboxylic acids is 1. The molecule has 31 heavy (non-hydrogen) atoms. The summed E-state index contributed by atoms with van der Waals surface area (Å²) in [5.74, 6) is -0.575. The zero-order valence-corrected chi connectivity index (χ0v) is 24.9. The van der Waals surface area contributed by atoms with E-state index in [1.807, 2.05) is 0 Å². The summed E-state index contributed by atoms with van der Waals surface area (Å²) in [5.41, 5.74) is 0.246. The minimum absolute atomic E-state index is 0.162. The lowest BCUT2D eigenvalue weighted by Gasteiger charge is -2.43. The average molecular weight is 511 g/mol. The maximum atomic E-state index is 11.7. The van der Waals surface area contributed by atoms with Crippen LogP contribution in [-0.4, -0.2) is 63.7 Å². The number of carboxylic acid groups (broad SMARTS) is 1. The summed E-state index contributed by atoms with van der Waals surface area (Å²) in [6.45, 7) is 23.9. The van der Waals surface area contributed by atoms with E-state index in [-0.39, 0.29) is 12.2 Å². The van der Waals surface area contributed by atoms with Crippen LogP contribution in [-0.2, 0) is 26.6 Å². The molecule has 12 heteroatoms. The van der Waals surface area contributed by atoms with Crippen LogP contribution in [0.3, 0.4) is 0 Å². The largest absolute Gasteiger partial charge is 0.506 e. The van der Waals surface area contributed by atoms with E-state index in [1.54, 1.807) is 0 Å². The van der Waals surface area contributed by atoms with Crippen LogP contribution in [0.2, 0.25) is 65.0 Å². The van der Waals surface area contributed by atoms with Crippen molar-refractivity contribution in [3.8, 4) is 0 Å². The molecule has 0 aliphatic heterocycles. The smallest absolute Gasteiger partial charge is 0.458 e. The highest BCUT2D eigenvalue weighted by molar-refractivity contribution is 6.90. The lowest BCUT2D eigenvalue weighted by Crippen LogP contribution is -2.60. The summed E-state index contributed by atoms with van der Waals surface area (Å²) >= 11 is 0. The van der Waals surface area contributed by atoms with Gasteiger partial charge in [0.15, 0.2) is 25.0 Å².